The van der Waals surface area contributed by atoms with Gasteiger partial charge in [-0.2, -0.15) is 0 Å². The molecule has 3 rings (SSSR count). The molecule has 1 aromatic carbocycles. The summed E-state index contributed by atoms with van der Waals surface area (Å²) >= 11 is 6.11. The second kappa shape index (κ2) is 6.60. The molecule has 2 unspecified atom stereocenters. The average Bonchev–Trinajstić information content (AvgIpc) is 2.53. The molecular formula is C18H26ClNO3. The van der Waals surface area contributed by atoms with E-state index in [1.165, 1.54) is 0 Å². The van der Waals surface area contributed by atoms with Crippen LogP contribution in [0.4, 0.5) is 0 Å². The number of nitrogens with zero attached hydrogens (tertiary/aromatic N) is 1. The van der Waals surface area contributed by atoms with Gasteiger partial charge in [0.1, 0.15) is 5.75 Å². The molecule has 2 N–H and O–H groups in total. The van der Waals surface area contributed by atoms with Crippen LogP contribution in [0.1, 0.15) is 37.3 Å². The van der Waals surface area contributed by atoms with Crippen molar-refractivity contribution in [3.8, 4) is 5.75 Å². The minimum Gasteiger partial charge on any atom is -0.507 e. The van der Waals surface area contributed by atoms with E-state index < -0.39 is 0 Å². The number of rotatable bonds is 4. The van der Waals surface area contributed by atoms with Crippen molar-refractivity contribution in [2.45, 2.75) is 51.9 Å². The molecule has 1 aliphatic carbocycles. The highest BCUT2D eigenvalue weighted by molar-refractivity contribution is 6.30. The van der Waals surface area contributed by atoms with Crippen LogP contribution in [0.15, 0.2) is 12.1 Å². The molecule has 23 heavy (non-hydrogen) atoms. The first-order chi connectivity index (χ1) is 11.0. The van der Waals surface area contributed by atoms with Gasteiger partial charge in [0.05, 0.1) is 12.2 Å². The van der Waals surface area contributed by atoms with E-state index in [4.69, 9.17) is 16.3 Å². The van der Waals surface area contributed by atoms with Crippen LogP contribution in [0.2, 0.25) is 5.02 Å². The molecule has 4 nitrogen and oxygen atoms in total. The predicted molar refractivity (Wildman–Crippen MR) is 90.8 cm³/mol. The molecule has 1 aromatic rings. The van der Waals surface area contributed by atoms with Gasteiger partial charge in [0.25, 0.3) is 0 Å². The van der Waals surface area contributed by atoms with Crippen LogP contribution in [0.25, 0.3) is 0 Å². The maximum absolute atomic E-state index is 10.3. The lowest BCUT2D eigenvalue weighted by molar-refractivity contribution is -0.209. The van der Waals surface area contributed by atoms with Gasteiger partial charge in [-0.25, -0.2) is 0 Å². The quantitative estimate of drug-likeness (QED) is 0.885. The number of aliphatic hydroxyl groups is 1. The van der Waals surface area contributed by atoms with Gasteiger partial charge >= 0.3 is 0 Å². The molecule has 0 amide bonds. The lowest BCUT2D eigenvalue weighted by atomic mass is 9.58. The Morgan fingerprint density at radius 2 is 2.04 bits per heavy atom. The highest BCUT2D eigenvalue weighted by Crippen LogP contribution is 2.51. The van der Waals surface area contributed by atoms with Crippen molar-refractivity contribution >= 4 is 11.6 Å². The van der Waals surface area contributed by atoms with Crippen molar-refractivity contribution in [3.63, 3.8) is 0 Å². The molecule has 5 heteroatoms. The van der Waals surface area contributed by atoms with Gasteiger partial charge in [0.15, 0.2) is 0 Å². The summed E-state index contributed by atoms with van der Waals surface area (Å²) < 4.78 is 5.81. The number of aryl methyl sites for hydroxylation is 1. The zero-order chi connectivity index (χ0) is 16.6. The van der Waals surface area contributed by atoms with E-state index in [1.807, 2.05) is 19.9 Å². The maximum Gasteiger partial charge on any atom is 0.123 e. The Morgan fingerprint density at radius 1 is 1.35 bits per heavy atom. The number of hydrogen-bond acceptors (Lipinski definition) is 4. The van der Waals surface area contributed by atoms with E-state index in [0.717, 1.165) is 43.5 Å². The fourth-order valence-electron chi connectivity index (χ4n) is 4.11. The number of benzene rings is 1. The van der Waals surface area contributed by atoms with Gasteiger partial charge in [0.2, 0.25) is 0 Å². The summed E-state index contributed by atoms with van der Waals surface area (Å²) in [5, 5.41) is 21.1. The summed E-state index contributed by atoms with van der Waals surface area (Å²) in [7, 11) is 0. The number of hydrogen-bond donors (Lipinski definition) is 2. The topological polar surface area (TPSA) is 52.9 Å². The standard InChI is InChI=1S/C18H26ClNO3/c1-3-23-16-10-15(21)18(16)4-6-20(7-5-18)11-13-9-14(19)8-12(2)17(13)22/h8-9,15-16,21-22H,3-7,10-11H2,1-2H3. The van der Waals surface area contributed by atoms with Crippen molar-refractivity contribution in [1.29, 1.82) is 0 Å². The molecule has 0 radical (unpaired) electrons. The van der Waals surface area contributed by atoms with Crippen molar-refractivity contribution in [2.75, 3.05) is 19.7 Å². The van der Waals surface area contributed by atoms with E-state index in [2.05, 4.69) is 4.90 Å². The number of aliphatic hydroxyl groups excluding tert-OH is 1. The van der Waals surface area contributed by atoms with Gasteiger partial charge in [-0.1, -0.05) is 11.6 Å². The second-order valence-electron chi connectivity index (χ2n) is 6.94. The van der Waals surface area contributed by atoms with Crippen molar-refractivity contribution < 1.29 is 14.9 Å². The number of phenols is 1. The molecule has 0 bridgehead atoms. The summed E-state index contributed by atoms with van der Waals surface area (Å²) in [6.45, 7) is 7.10. The molecule has 1 saturated carbocycles. The Kier molecular flexibility index (Phi) is 4.88. The fraction of sp³-hybridized carbons (Fsp3) is 0.667. The van der Waals surface area contributed by atoms with E-state index in [-0.39, 0.29) is 17.6 Å². The number of piperidine rings is 1. The predicted octanol–water partition coefficient (Wildman–Crippen LogP) is 3.11. The van der Waals surface area contributed by atoms with Gasteiger partial charge in [-0.05, 0) is 57.5 Å². The number of ether oxygens (including phenoxy) is 1. The summed E-state index contributed by atoms with van der Waals surface area (Å²) in [6, 6.07) is 3.62. The largest absolute Gasteiger partial charge is 0.507 e. The van der Waals surface area contributed by atoms with Crippen LogP contribution < -0.4 is 0 Å². The maximum atomic E-state index is 10.3. The summed E-state index contributed by atoms with van der Waals surface area (Å²) in [5.41, 5.74) is 1.63. The Hall–Kier alpha value is -0.810. The van der Waals surface area contributed by atoms with E-state index in [1.54, 1.807) is 6.07 Å². The zero-order valence-electron chi connectivity index (χ0n) is 13.9. The van der Waals surface area contributed by atoms with Crippen LogP contribution >= 0.6 is 11.6 Å². The fourth-order valence-corrected chi connectivity index (χ4v) is 4.41. The van der Waals surface area contributed by atoms with E-state index in [0.29, 0.717) is 23.9 Å². The molecule has 1 aliphatic heterocycles. The normalized spacial score (nSPS) is 27.1. The SMILES string of the molecule is CCOC1CC(O)C12CCN(Cc1cc(Cl)cc(C)c1O)CC2. The molecule has 2 aliphatic rings. The minimum absolute atomic E-state index is 0.0567. The average molecular weight is 340 g/mol. The van der Waals surface area contributed by atoms with Crippen molar-refractivity contribution in [1.82, 2.24) is 4.90 Å². The number of halogens is 1. The van der Waals surface area contributed by atoms with Gasteiger partial charge in [-0.3, -0.25) is 4.90 Å². The monoisotopic (exact) mass is 339 g/mol. The summed E-state index contributed by atoms with van der Waals surface area (Å²) in [5.74, 6) is 0.338. The van der Waals surface area contributed by atoms with Crippen molar-refractivity contribution in [3.05, 3.63) is 28.3 Å². The van der Waals surface area contributed by atoms with Crippen molar-refractivity contribution in [2.24, 2.45) is 5.41 Å². The number of aromatic hydroxyl groups is 1. The third kappa shape index (κ3) is 3.10. The van der Waals surface area contributed by atoms with Crippen LogP contribution in [-0.2, 0) is 11.3 Å². The van der Waals surface area contributed by atoms with E-state index in [9.17, 15) is 10.2 Å². The Morgan fingerprint density at radius 3 is 2.65 bits per heavy atom. The first-order valence-corrected chi connectivity index (χ1v) is 8.84. The Labute approximate surface area is 143 Å². The smallest absolute Gasteiger partial charge is 0.123 e. The molecule has 128 valence electrons. The van der Waals surface area contributed by atoms with Crippen LogP contribution in [-0.4, -0.2) is 47.0 Å². The molecule has 1 spiro atoms. The molecular weight excluding hydrogens is 314 g/mol. The van der Waals surface area contributed by atoms with Crippen LogP contribution in [0.3, 0.4) is 0 Å². The van der Waals surface area contributed by atoms with Gasteiger partial charge < -0.3 is 14.9 Å². The lowest BCUT2D eigenvalue weighted by Crippen LogP contribution is -2.62. The molecule has 1 heterocycles. The zero-order valence-corrected chi connectivity index (χ0v) is 14.6. The van der Waals surface area contributed by atoms with Gasteiger partial charge in [-0.15, -0.1) is 0 Å². The highest BCUT2D eigenvalue weighted by Gasteiger charge is 2.55. The highest BCUT2D eigenvalue weighted by atomic mass is 35.5. The molecule has 0 aromatic heterocycles. The number of phenolic OH excluding ortho intramolecular Hbond substituents is 1. The molecule has 1 saturated heterocycles. The van der Waals surface area contributed by atoms with Gasteiger partial charge in [0, 0.05) is 35.6 Å². The summed E-state index contributed by atoms with van der Waals surface area (Å²) in [6.07, 6.45) is 2.62. The third-order valence-electron chi connectivity index (χ3n) is 5.64. The molecule has 2 atom stereocenters. The van der Waals surface area contributed by atoms with Crippen LogP contribution in [0.5, 0.6) is 5.75 Å². The Balaban J connectivity index is 1.64. The van der Waals surface area contributed by atoms with E-state index >= 15 is 0 Å². The first kappa shape index (κ1) is 17.0. The minimum atomic E-state index is -0.233. The number of likely N-dealkylation sites (tertiary alicyclic amines) is 1. The first-order valence-electron chi connectivity index (χ1n) is 8.46. The Bertz CT molecular complexity index is 568. The third-order valence-corrected chi connectivity index (χ3v) is 5.85. The second-order valence-corrected chi connectivity index (χ2v) is 7.37. The lowest BCUT2D eigenvalue weighted by Gasteiger charge is -2.56. The molecule has 2 fully saturated rings. The van der Waals surface area contributed by atoms with Crippen LogP contribution in [0, 0.1) is 12.3 Å². The summed E-state index contributed by atoms with van der Waals surface area (Å²) in [4.78, 5) is 2.32.